The molecule has 1 N–H and O–H groups in total. The SMILES string of the molecule is Cc1cc(CC(O)c2cccnc2)cc2cn(COCC[Si](C)(C)C)nc12. The van der Waals surface area contributed by atoms with Gasteiger partial charge in [0, 0.05) is 45.1 Å². The Morgan fingerprint density at radius 1 is 1.26 bits per heavy atom. The number of aromatic nitrogens is 3. The first-order valence-electron chi connectivity index (χ1n) is 9.44. The maximum atomic E-state index is 10.5. The third-order valence-electron chi connectivity index (χ3n) is 4.62. The lowest BCUT2D eigenvalue weighted by atomic mass is 10.00. The molecule has 3 aromatic rings. The van der Waals surface area contributed by atoms with Crippen molar-refractivity contribution in [1.82, 2.24) is 14.8 Å². The first-order valence-corrected chi connectivity index (χ1v) is 13.1. The number of nitrogens with zero attached hydrogens (tertiary/aromatic N) is 3. The number of pyridine rings is 1. The Balaban J connectivity index is 1.69. The van der Waals surface area contributed by atoms with Crippen molar-refractivity contribution in [3.05, 3.63) is 59.5 Å². The standard InChI is InChI=1S/C21H29N3O2Si/c1-16-10-17(12-20(25)18-6-5-7-22-13-18)11-19-14-24(23-21(16)19)15-26-8-9-27(2,3)4/h5-7,10-11,13-14,20,25H,8-9,12,15H2,1-4H3. The first kappa shape index (κ1) is 19.7. The van der Waals surface area contributed by atoms with Crippen molar-refractivity contribution >= 4 is 19.0 Å². The summed E-state index contributed by atoms with van der Waals surface area (Å²) >= 11 is 0. The second-order valence-electron chi connectivity index (χ2n) is 8.37. The molecule has 2 aromatic heterocycles. The van der Waals surface area contributed by atoms with Crippen LogP contribution in [0.15, 0.2) is 42.9 Å². The van der Waals surface area contributed by atoms with Gasteiger partial charge < -0.3 is 9.84 Å². The highest BCUT2D eigenvalue weighted by atomic mass is 28.3. The summed E-state index contributed by atoms with van der Waals surface area (Å²) in [6.45, 7) is 10.4. The van der Waals surface area contributed by atoms with Gasteiger partial charge in [0.2, 0.25) is 0 Å². The number of aliphatic hydroxyl groups excluding tert-OH is 1. The smallest absolute Gasteiger partial charge is 0.139 e. The van der Waals surface area contributed by atoms with E-state index < -0.39 is 14.2 Å². The zero-order valence-electron chi connectivity index (χ0n) is 16.6. The molecule has 1 aromatic carbocycles. The molecule has 0 aliphatic carbocycles. The average molecular weight is 384 g/mol. The molecule has 2 heterocycles. The summed E-state index contributed by atoms with van der Waals surface area (Å²) in [6, 6.07) is 9.11. The molecule has 0 saturated heterocycles. The molecule has 3 rings (SSSR count). The van der Waals surface area contributed by atoms with E-state index >= 15 is 0 Å². The fourth-order valence-corrected chi connectivity index (χ4v) is 3.83. The Labute approximate surface area is 162 Å². The van der Waals surface area contributed by atoms with Crippen LogP contribution in [0.4, 0.5) is 0 Å². The van der Waals surface area contributed by atoms with E-state index in [1.807, 2.05) is 23.0 Å². The molecule has 144 valence electrons. The molecule has 5 nitrogen and oxygen atoms in total. The van der Waals surface area contributed by atoms with Gasteiger partial charge in [0.15, 0.2) is 0 Å². The summed E-state index contributed by atoms with van der Waals surface area (Å²) in [7, 11) is -1.07. The van der Waals surface area contributed by atoms with E-state index in [1.54, 1.807) is 12.4 Å². The van der Waals surface area contributed by atoms with Crippen molar-refractivity contribution in [3.8, 4) is 0 Å². The lowest BCUT2D eigenvalue weighted by Crippen LogP contribution is -2.22. The number of ether oxygens (including phenoxy) is 1. The summed E-state index contributed by atoms with van der Waals surface area (Å²) in [5.41, 5.74) is 4.03. The zero-order valence-corrected chi connectivity index (χ0v) is 17.6. The van der Waals surface area contributed by atoms with Crippen LogP contribution in [0, 0.1) is 6.92 Å². The van der Waals surface area contributed by atoms with Crippen molar-refractivity contribution in [2.45, 2.75) is 51.9 Å². The number of benzene rings is 1. The molecule has 0 saturated carbocycles. The Morgan fingerprint density at radius 3 is 2.78 bits per heavy atom. The largest absolute Gasteiger partial charge is 0.388 e. The number of fused-ring (bicyclic) bond motifs is 1. The average Bonchev–Trinajstić information content (AvgIpc) is 3.02. The van der Waals surface area contributed by atoms with Crippen molar-refractivity contribution in [1.29, 1.82) is 0 Å². The first-order chi connectivity index (χ1) is 12.8. The van der Waals surface area contributed by atoms with Gasteiger partial charge in [-0.1, -0.05) is 31.8 Å². The minimum Gasteiger partial charge on any atom is -0.388 e. The monoisotopic (exact) mass is 383 g/mol. The number of aliphatic hydroxyl groups is 1. The van der Waals surface area contributed by atoms with Crippen molar-refractivity contribution in [2.24, 2.45) is 0 Å². The van der Waals surface area contributed by atoms with E-state index in [4.69, 9.17) is 4.74 Å². The third-order valence-corrected chi connectivity index (χ3v) is 6.33. The van der Waals surface area contributed by atoms with Crippen LogP contribution in [0.1, 0.15) is 22.8 Å². The van der Waals surface area contributed by atoms with E-state index in [0.29, 0.717) is 13.2 Å². The Morgan fingerprint density at radius 2 is 2.07 bits per heavy atom. The Kier molecular flexibility index (Phi) is 6.09. The molecule has 1 unspecified atom stereocenters. The molecular weight excluding hydrogens is 354 g/mol. The van der Waals surface area contributed by atoms with Gasteiger partial charge in [0.1, 0.15) is 6.73 Å². The van der Waals surface area contributed by atoms with E-state index in [0.717, 1.165) is 40.2 Å². The molecule has 6 heteroatoms. The van der Waals surface area contributed by atoms with Crippen molar-refractivity contribution in [3.63, 3.8) is 0 Å². The maximum Gasteiger partial charge on any atom is 0.139 e. The minimum absolute atomic E-state index is 0.478. The minimum atomic E-state index is -1.07. The van der Waals surface area contributed by atoms with Crippen LogP contribution in [-0.2, 0) is 17.9 Å². The number of hydrogen-bond donors (Lipinski definition) is 1. The molecule has 0 aliphatic rings. The molecule has 0 radical (unpaired) electrons. The highest BCUT2D eigenvalue weighted by Gasteiger charge is 2.13. The van der Waals surface area contributed by atoms with E-state index in [2.05, 4.69) is 48.8 Å². The van der Waals surface area contributed by atoms with Crippen LogP contribution in [0.5, 0.6) is 0 Å². The van der Waals surface area contributed by atoms with Gasteiger partial charge in [-0.05, 0) is 41.8 Å². The molecule has 0 amide bonds. The highest BCUT2D eigenvalue weighted by molar-refractivity contribution is 6.76. The van der Waals surface area contributed by atoms with Crippen molar-refractivity contribution in [2.75, 3.05) is 6.61 Å². The Hall–Kier alpha value is -2.02. The molecule has 0 fully saturated rings. The summed E-state index contributed by atoms with van der Waals surface area (Å²) in [5.74, 6) is 0. The van der Waals surface area contributed by atoms with Crippen LogP contribution in [0.25, 0.3) is 10.9 Å². The topological polar surface area (TPSA) is 60.2 Å². The van der Waals surface area contributed by atoms with E-state index in [1.165, 1.54) is 0 Å². The molecule has 0 aliphatic heterocycles. The zero-order chi connectivity index (χ0) is 19.4. The maximum absolute atomic E-state index is 10.5. The molecule has 0 bridgehead atoms. The summed E-state index contributed by atoms with van der Waals surface area (Å²) in [4.78, 5) is 4.08. The van der Waals surface area contributed by atoms with Gasteiger partial charge >= 0.3 is 0 Å². The van der Waals surface area contributed by atoms with Crippen LogP contribution < -0.4 is 0 Å². The molecule has 0 spiro atoms. The fourth-order valence-electron chi connectivity index (χ4n) is 3.07. The number of rotatable bonds is 8. The number of hydrogen-bond acceptors (Lipinski definition) is 4. The molecule has 27 heavy (non-hydrogen) atoms. The van der Waals surface area contributed by atoms with Gasteiger partial charge in [0.25, 0.3) is 0 Å². The highest BCUT2D eigenvalue weighted by Crippen LogP contribution is 2.24. The van der Waals surface area contributed by atoms with E-state index in [9.17, 15) is 5.11 Å². The number of aryl methyl sites for hydroxylation is 1. The summed E-state index contributed by atoms with van der Waals surface area (Å²) < 4.78 is 7.67. The van der Waals surface area contributed by atoms with Crippen molar-refractivity contribution < 1.29 is 9.84 Å². The van der Waals surface area contributed by atoms with Gasteiger partial charge in [0.05, 0.1) is 11.6 Å². The summed E-state index contributed by atoms with van der Waals surface area (Å²) in [5, 5.41) is 16.2. The summed E-state index contributed by atoms with van der Waals surface area (Å²) in [6.07, 6.45) is 5.45. The van der Waals surface area contributed by atoms with Crippen LogP contribution in [-0.4, -0.2) is 34.6 Å². The lowest BCUT2D eigenvalue weighted by Gasteiger charge is -2.15. The van der Waals surface area contributed by atoms with E-state index in [-0.39, 0.29) is 0 Å². The second kappa shape index (κ2) is 8.33. The lowest BCUT2D eigenvalue weighted by molar-refractivity contribution is 0.0791. The Bertz CT molecular complexity index is 888. The quantitative estimate of drug-likeness (QED) is 0.465. The van der Waals surface area contributed by atoms with Gasteiger partial charge in [-0.3, -0.25) is 4.98 Å². The van der Waals surface area contributed by atoms with Crippen LogP contribution in [0.3, 0.4) is 0 Å². The second-order valence-corrected chi connectivity index (χ2v) is 14.0. The normalized spacial score (nSPS) is 13.2. The van der Waals surface area contributed by atoms with Gasteiger partial charge in [-0.15, -0.1) is 0 Å². The predicted molar refractivity (Wildman–Crippen MR) is 111 cm³/mol. The predicted octanol–water partition coefficient (Wildman–Crippen LogP) is 4.33. The molecular formula is C21H29N3O2Si. The van der Waals surface area contributed by atoms with Crippen LogP contribution in [0.2, 0.25) is 25.7 Å². The van der Waals surface area contributed by atoms with Gasteiger partial charge in [-0.25, -0.2) is 4.68 Å². The third kappa shape index (κ3) is 5.48. The fraction of sp³-hybridized carbons (Fsp3) is 0.429. The molecule has 1 atom stereocenters. The van der Waals surface area contributed by atoms with Crippen LogP contribution >= 0.6 is 0 Å². The van der Waals surface area contributed by atoms with Gasteiger partial charge in [-0.2, -0.15) is 5.10 Å².